The Labute approximate surface area is 111 Å². The van der Waals surface area contributed by atoms with Crippen molar-refractivity contribution < 1.29 is 13.5 Å². The molecule has 0 fully saturated rings. The summed E-state index contributed by atoms with van der Waals surface area (Å²) in [6, 6.07) is 11.0. The molecule has 2 rings (SSSR count). The fourth-order valence-corrected chi connectivity index (χ4v) is 1.90. The average molecular weight is 262 g/mol. The van der Waals surface area contributed by atoms with Crippen LogP contribution in [0.1, 0.15) is 30.9 Å². The number of hydrogen-bond acceptors (Lipinski definition) is 1. The highest BCUT2D eigenvalue weighted by molar-refractivity contribution is 5.35. The second-order valence-corrected chi connectivity index (χ2v) is 4.72. The SMILES string of the molecule is CC(C)c1ccccc1OCc1cc(F)ccc1F. The summed E-state index contributed by atoms with van der Waals surface area (Å²) in [7, 11) is 0. The van der Waals surface area contributed by atoms with Gasteiger partial charge in [0.05, 0.1) is 0 Å². The molecule has 19 heavy (non-hydrogen) atoms. The molecular formula is C16H16F2O. The maximum atomic E-state index is 13.5. The Morgan fingerprint density at radius 1 is 1.05 bits per heavy atom. The predicted octanol–water partition coefficient (Wildman–Crippen LogP) is 4.67. The van der Waals surface area contributed by atoms with Gasteiger partial charge in [-0.25, -0.2) is 8.78 Å². The summed E-state index contributed by atoms with van der Waals surface area (Å²) in [6.45, 7) is 4.14. The van der Waals surface area contributed by atoms with Crippen molar-refractivity contribution in [2.75, 3.05) is 0 Å². The lowest BCUT2D eigenvalue weighted by molar-refractivity contribution is 0.295. The third-order valence-electron chi connectivity index (χ3n) is 2.93. The van der Waals surface area contributed by atoms with E-state index in [9.17, 15) is 8.78 Å². The van der Waals surface area contributed by atoms with E-state index in [4.69, 9.17) is 4.74 Å². The summed E-state index contributed by atoms with van der Waals surface area (Å²) >= 11 is 0. The summed E-state index contributed by atoms with van der Waals surface area (Å²) in [5.41, 5.74) is 1.28. The van der Waals surface area contributed by atoms with Gasteiger partial charge < -0.3 is 4.74 Å². The van der Waals surface area contributed by atoms with Gasteiger partial charge in [0.1, 0.15) is 24.0 Å². The molecule has 0 N–H and O–H groups in total. The van der Waals surface area contributed by atoms with Crippen molar-refractivity contribution >= 4 is 0 Å². The minimum Gasteiger partial charge on any atom is -0.489 e. The Kier molecular flexibility index (Phi) is 4.15. The van der Waals surface area contributed by atoms with E-state index >= 15 is 0 Å². The van der Waals surface area contributed by atoms with Crippen LogP contribution < -0.4 is 4.74 Å². The molecular weight excluding hydrogens is 246 g/mol. The first-order valence-electron chi connectivity index (χ1n) is 6.23. The van der Waals surface area contributed by atoms with Crippen LogP contribution in [0.5, 0.6) is 5.75 Å². The molecule has 0 saturated heterocycles. The van der Waals surface area contributed by atoms with Gasteiger partial charge in [0.25, 0.3) is 0 Å². The van der Waals surface area contributed by atoms with E-state index in [1.165, 1.54) is 0 Å². The molecule has 2 aromatic rings. The number of hydrogen-bond donors (Lipinski definition) is 0. The maximum absolute atomic E-state index is 13.5. The summed E-state index contributed by atoms with van der Waals surface area (Å²) in [5.74, 6) is 0.107. The first kappa shape index (κ1) is 13.5. The molecule has 0 amide bonds. The number of ether oxygens (including phenoxy) is 1. The van der Waals surface area contributed by atoms with Gasteiger partial charge in [-0.15, -0.1) is 0 Å². The van der Waals surface area contributed by atoms with E-state index in [0.717, 1.165) is 23.8 Å². The Morgan fingerprint density at radius 2 is 1.79 bits per heavy atom. The molecule has 0 radical (unpaired) electrons. The monoisotopic (exact) mass is 262 g/mol. The zero-order valence-electron chi connectivity index (χ0n) is 11.0. The molecule has 0 saturated carbocycles. The highest BCUT2D eigenvalue weighted by Crippen LogP contribution is 2.26. The summed E-state index contributed by atoms with van der Waals surface area (Å²) in [6.07, 6.45) is 0. The zero-order chi connectivity index (χ0) is 13.8. The molecule has 0 bridgehead atoms. The van der Waals surface area contributed by atoms with Gasteiger partial charge in [-0.2, -0.15) is 0 Å². The van der Waals surface area contributed by atoms with Crippen molar-refractivity contribution in [2.45, 2.75) is 26.4 Å². The number of para-hydroxylation sites is 1. The molecule has 0 unspecified atom stereocenters. The van der Waals surface area contributed by atoms with Crippen molar-refractivity contribution in [3.05, 3.63) is 65.2 Å². The topological polar surface area (TPSA) is 9.23 Å². The molecule has 100 valence electrons. The van der Waals surface area contributed by atoms with E-state index in [1.807, 2.05) is 24.3 Å². The van der Waals surface area contributed by atoms with Crippen molar-refractivity contribution in [2.24, 2.45) is 0 Å². The van der Waals surface area contributed by atoms with Gasteiger partial charge in [0, 0.05) is 5.56 Å². The third kappa shape index (κ3) is 3.31. The second kappa shape index (κ2) is 5.83. The van der Waals surface area contributed by atoms with Gasteiger partial charge in [-0.05, 0) is 35.7 Å². The van der Waals surface area contributed by atoms with Gasteiger partial charge in [-0.1, -0.05) is 32.0 Å². The second-order valence-electron chi connectivity index (χ2n) is 4.72. The number of rotatable bonds is 4. The first-order chi connectivity index (χ1) is 9.08. The molecule has 0 heterocycles. The molecule has 1 nitrogen and oxygen atoms in total. The molecule has 0 aliphatic rings. The van der Waals surface area contributed by atoms with Gasteiger partial charge in [-0.3, -0.25) is 0 Å². The van der Waals surface area contributed by atoms with Crippen LogP contribution in [-0.4, -0.2) is 0 Å². The van der Waals surface area contributed by atoms with E-state index < -0.39 is 11.6 Å². The summed E-state index contributed by atoms with van der Waals surface area (Å²) < 4.78 is 32.2. The zero-order valence-corrected chi connectivity index (χ0v) is 11.0. The van der Waals surface area contributed by atoms with Gasteiger partial charge >= 0.3 is 0 Å². The fraction of sp³-hybridized carbons (Fsp3) is 0.250. The molecule has 3 heteroatoms. The van der Waals surface area contributed by atoms with Crippen molar-refractivity contribution in [1.82, 2.24) is 0 Å². The molecule has 0 aliphatic heterocycles. The fourth-order valence-electron chi connectivity index (χ4n) is 1.90. The van der Waals surface area contributed by atoms with Crippen molar-refractivity contribution in [1.29, 1.82) is 0 Å². The largest absolute Gasteiger partial charge is 0.489 e. The van der Waals surface area contributed by atoms with Crippen molar-refractivity contribution in [3.8, 4) is 5.75 Å². The standard InChI is InChI=1S/C16H16F2O/c1-11(2)14-5-3-4-6-16(14)19-10-12-9-13(17)7-8-15(12)18/h3-9,11H,10H2,1-2H3. The lowest BCUT2D eigenvalue weighted by Gasteiger charge is -2.14. The molecule has 0 aliphatic carbocycles. The third-order valence-corrected chi connectivity index (χ3v) is 2.93. The average Bonchev–Trinajstić information content (AvgIpc) is 2.40. The van der Waals surface area contributed by atoms with E-state index in [0.29, 0.717) is 11.7 Å². The predicted molar refractivity (Wildman–Crippen MR) is 71.2 cm³/mol. The minimum absolute atomic E-state index is 0.0212. The summed E-state index contributed by atoms with van der Waals surface area (Å²) in [4.78, 5) is 0. The quantitative estimate of drug-likeness (QED) is 0.778. The Morgan fingerprint density at radius 3 is 2.53 bits per heavy atom. The van der Waals surface area contributed by atoms with Crippen LogP contribution in [0.4, 0.5) is 8.78 Å². The maximum Gasteiger partial charge on any atom is 0.130 e. The van der Waals surface area contributed by atoms with Crippen LogP contribution in [0.2, 0.25) is 0 Å². The van der Waals surface area contributed by atoms with Gasteiger partial charge in [0.15, 0.2) is 0 Å². The van der Waals surface area contributed by atoms with Crippen LogP contribution in [0.15, 0.2) is 42.5 Å². The van der Waals surface area contributed by atoms with Crippen LogP contribution in [0, 0.1) is 11.6 Å². The number of halogens is 2. The summed E-state index contributed by atoms with van der Waals surface area (Å²) in [5, 5.41) is 0. The molecule has 2 aromatic carbocycles. The van der Waals surface area contributed by atoms with Crippen LogP contribution in [-0.2, 0) is 6.61 Å². The lowest BCUT2D eigenvalue weighted by atomic mass is 10.0. The van der Waals surface area contributed by atoms with Gasteiger partial charge in [0.2, 0.25) is 0 Å². The van der Waals surface area contributed by atoms with E-state index in [-0.39, 0.29) is 12.2 Å². The lowest BCUT2D eigenvalue weighted by Crippen LogP contribution is -2.02. The highest BCUT2D eigenvalue weighted by Gasteiger charge is 2.09. The normalized spacial score (nSPS) is 10.8. The van der Waals surface area contributed by atoms with Crippen LogP contribution >= 0.6 is 0 Å². The Hall–Kier alpha value is -1.90. The smallest absolute Gasteiger partial charge is 0.130 e. The van der Waals surface area contributed by atoms with Crippen LogP contribution in [0.3, 0.4) is 0 Å². The molecule has 0 spiro atoms. The van der Waals surface area contributed by atoms with E-state index in [2.05, 4.69) is 13.8 Å². The first-order valence-corrected chi connectivity index (χ1v) is 6.23. The van der Waals surface area contributed by atoms with E-state index in [1.54, 1.807) is 0 Å². The molecule has 0 atom stereocenters. The Bertz CT molecular complexity index is 564. The van der Waals surface area contributed by atoms with Crippen molar-refractivity contribution in [3.63, 3.8) is 0 Å². The number of benzene rings is 2. The minimum atomic E-state index is -0.461. The highest BCUT2D eigenvalue weighted by atomic mass is 19.1. The molecule has 0 aromatic heterocycles. The van der Waals surface area contributed by atoms with Crippen LogP contribution in [0.25, 0.3) is 0 Å². The Balaban J connectivity index is 2.17.